The van der Waals surface area contributed by atoms with E-state index in [1.54, 1.807) is 0 Å². The molecule has 0 aromatic carbocycles. The summed E-state index contributed by atoms with van der Waals surface area (Å²) in [5.74, 6) is 0.386. The topological polar surface area (TPSA) is 49.3 Å². The zero-order valence-electron chi connectivity index (χ0n) is 7.71. The Morgan fingerprint density at radius 2 is 2.17 bits per heavy atom. The Labute approximate surface area is 73.2 Å². The zero-order valence-corrected chi connectivity index (χ0v) is 7.71. The maximum Gasteiger partial charge on any atom is 0.217 e. The first-order valence-corrected chi connectivity index (χ1v) is 4.54. The Morgan fingerprint density at radius 3 is 2.67 bits per heavy atom. The summed E-state index contributed by atoms with van der Waals surface area (Å²) >= 11 is 0. The predicted molar refractivity (Wildman–Crippen MR) is 46.6 cm³/mol. The molecule has 3 heteroatoms. The number of rotatable bonds is 1. The smallest absolute Gasteiger partial charge is 0.217 e. The number of hydrogen-bond donors (Lipinski definition) is 2. The quantitative estimate of drug-likeness (QED) is 0.609. The van der Waals surface area contributed by atoms with Gasteiger partial charge in [-0.25, -0.2) is 0 Å². The van der Waals surface area contributed by atoms with E-state index in [9.17, 15) is 9.90 Å². The molecule has 0 unspecified atom stereocenters. The van der Waals surface area contributed by atoms with Gasteiger partial charge >= 0.3 is 0 Å². The summed E-state index contributed by atoms with van der Waals surface area (Å²) in [6.45, 7) is 3.57. The highest BCUT2D eigenvalue weighted by Gasteiger charge is 2.25. The van der Waals surface area contributed by atoms with Crippen LogP contribution < -0.4 is 5.32 Å². The van der Waals surface area contributed by atoms with Gasteiger partial charge in [-0.15, -0.1) is 0 Å². The summed E-state index contributed by atoms with van der Waals surface area (Å²) in [6.07, 6.45) is 2.47. The third-order valence-corrected chi connectivity index (χ3v) is 2.56. The number of carbonyl (C=O) groups excluding carboxylic acids is 1. The molecule has 1 amide bonds. The molecule has 12 heavy (non-hydrogen) atoms. The van der Waals surface area contributed by atoms with Gasteiger partial charge in [0.2, 0.25) is 5.91 Å². The third kappa shape index (κ3) is 2.48. The molecule has 0 aromatic rings. The minimum Gasteiger partial charge on any atom is -0.393 e. The lowest BCUT2D eigenvalue weighted by Crippen LogP contribution is -2.41. The molecule has 0 saturated heterocycles. The van der Waals surface area contributed by atoms with Gasteiger partial charge in [-0.05, 0) is 25.2 Å². The second-order valence-corrected chi connectivity index (χ2v) is 3.76. The van der Waals surface area contributed by atoms with Crippen LogP contribution in [0.5, 0.6) is 0 Å². The van der Waals surface area contributed by atoms with E-state index in [0.717, 1.165) is 12.8 Å². The molecule has 1 saturated carbocycles. The molecule has 0 radical (unpaired) electrons. The third-order valence-electron chi connectivity index (χ3n) is 2.56. The number of nitrogens with one attached hydrogen (secondary N) is 1. The molecule has 3 atom stereocenters. The molecule has 1 aliphatic rings. The standard InChI is InChI=1S/C9H17NO2/c1-6-3-4-8(5-9(6)12)10-7(2)11/h6,8-9,12H,3-5H2,1-2H3,(H,10,11)/t6-,8-,9-/m1/s1. The average molecular weight is 171 g/mol. The maximum atomic E-state index is 10.7. The summed E-state index contributed by atoms with van der Waals surface area (Å²) in [7, 11) is 0. The summed E-state index contributed by atoms with van der Waals surface area (Å²) in [6, 6.07) is 0.189. The van der Waals surface area contributed by atoms with Gasteiger partial charge in [-0.3, -0.25) is 4.79 Å². The summed E-state index contributed by atoms with van der Waals surface area (Å²) in [5, 5.41) is 12.3. The highest BCUT2D eigenvalue weighted by atomic mass is 16.3. The van der Waals surface area contributed by atoms with Crippen LogP contribution in [0.15, 0.2) is 0 Å². The SMILES string of the molecule is CC(=O)N[C@@H]1CC[C@@H](C)[C@H](O)C1. The first-order chi connectivity index (χ1) is 5.59. The van der Waals surface area contributed by atoms with Crippen molar-refractivity contribution in [3.05, 3.63) is 0 Å². The van der Waals surface area contributed by atoms with Crippen LogP contribution in [0.2, 0.25) is 0 Å². The van der Waals surface area contributed by atoms with Crippen molar-refractivity contribution >= 4 is 5.91 Å². The predicted octanol–water partition coefficient (Wildman–Crippen LogP) is 0.672. The summed E-state index contributed by atoms with van der Waals surface area (Å²) < 4.78 is 0. The fraction of sp³-hybridized carbons (Fsp3) is 0.889. The Hall–Kier alpha value is -0.570. The monoisotopic (exact) mass is 171 g/mol. The number of aliphatic hydroxyl groups is 1. The lowest BCUT2D eigenvalue weighted by molar-refractivity contribution is -0.120. The lowest BCUT2D eigenvalue weighted by Gasteiger charge is -2.31. The van der Waals surface area contributed by atoms with Crippen LogP contribution in [0.1, 0.15) is 33.1 Å². The number of hydrogen-bond acceptors (Lipinski definition) is 2. The van der Waals surface area contributed by atoms with E-state index in [1.807, 2.05) is 0 Å². The average Bonchev–Trinajstić information content (AvgIpc) is 1.96. The fourth-order valence-electron chi connectivity index (χ4n) is 1.72. The van der Waals surface area contributed by atoms with Crippen LogP contribution in [0.25, 0.3) is 0 Å². The van der Waals surface area contributed by atoms with Crippen LogP contribution in [0.4, 0.5) is 0 Å². The molecule has 2 N–H and O–H groups in total. The van der Waals surface area contributed by atoms with E-state index in [4.69, 9.17) is 0 Å². The van der Waals surface area contributed by atoms with E-state index in [1.165, 1.54) is 6.92 Å². The molecule has 0 aliphatic heterocycles. The minimum absolute atomic E-state index is 0.00162. The van der Waals surface area contributed by atoms with Gasteiger partial charge in [0, 0.05) is 13.0 Å². The van der Waals surface area contributed by atoms with Gasteiger partial charge < -0.3 is 10.4 Å². The van der Waals surface area contributed by atoms with Crippen molar-refractivity contribution in [2.24, 2.45) is 5.92 Å². The van der Waals surface area contributed by atoms with Gasteiger partial charge in [0.15, 0.2) is 0 Å². The first-order valence-electron chi connectivity index (χ1n) is 4.54. The first kappa shape index (κ1) is 9.52. The molecule has 3 nitrogen and oxygen atoms in total. The number of aliphatic hydroxyl groups excluding tert-OH is 1. The van der Waals surface area contributed by atoms with E-state index in [0.29, 0.717) is 12.3 Å². The van der Waals surface area contributed by atoms with Crippen LogP contribution in [-0.4, -0.2) is 23.2 Å². The molecule has 0 bridgehead atoms. The van der Waals surface area contributed by atoms with Crippen molar-refractivity contribution in [3.63, 3.8) is 0 Å². The summed E-state index contributed by atoms with van der Waals surface area (Å²) in [5.41, 5.74) is 0. The number of amides is 1. The molecule has 70 valence electrons. The van der Waals surface area contributed by atoms with E-state index in [-0.39, 0.29) is 18.1 Å². The second-order valence-electron chi connectivity index (χ2n) is 3.76. The molecular formula is C9H17NO2. The normalized spacial score (nSPS) is 36.1. The summed E-state index contributed by atoms with van der Waals surface area (Å²) in [4.78, 5) is 10.7. The molecular weight excluding hydrogens is 154 g/mol. The number of carbonyl (C=O) groups is 1. The molecule has 1 fully saturated rings. The zero-order chi connectivity index (χ0) is 9.14. The van der Waals surface area contributed by atoms with Crippen molar-refractivity contribution in [2.45, 2.75) is 45.3 Å². The Balaban J connectivity index is 2.35. The van der Waals surface area contributed by atoms with E-state index >= 15 is 0 Å². The minimum atomic E-state index is -0.240. The van der Waals surface area contributed by atoms with Crippen LogP contribution in [0, 0.1) is 5.92 Å². The van der Waals surface area contributed by atoms with Crippen molar-refractivity contribution < 1.29 is 9.90 Å². The van der Waals surface area contributed by atoms with Gasteiger partial charge in [0.25, 0.3) is 0 Å². The van der Waals surface area contributed by atoms with Crippen molar-refractivity contribution in [2.75, 3.05) is 0 Å². The largest absolute Gasteiger partial charge is 0.393 e. The Kier molecular flexibility index (Phi) is 3.09. The van der Waals surface area contributed by atoms with Gasteiger partial charge in [-0.1, -0.05) is 6.92 Å². The highest BCUT2D eigenvalue weighted by Crippen LogP contribution is 2.23. The van der Waals surface area contributed by atoms with Gasteiger partial charge in [0.05, 0.1) is 6.10 Å². The fourth-order valence-corrected chi connectivity index (χ4v) is 1.72. The van der Waals surface area contributed by atoms with Gasteiger partial charge in [0.1, 0.15) is 0 Å². The van der Waals surface area contributed by atoms with Crippen LogP contribution in [0.3, 0.4) is 0 Å². The Morgan fingerprint density at radius 1 is 1.50 bits per heavy atom. The van der Waals surface area contributed by atoms with E-state index in [2.05, 4.69) is 12.2 Å². The molecule has 1 rings (SSSR count). The highest BCUT2D eigenvalue weighted by molar-refractivity contribution is 5.73. The van der Waals surface area contributed by atoms with Crippen LogP contribution >= 0.6 is 0 Å². The molecule has 0 heterocycles. The lowest BCUT2D eigenvalue weighted by atomic mass is 9.85. The molecule has 1 aliphatic carbocycles. The van der Waals surface area contributed by atoms with Gasteiger partial charge in [-0.2, -0.15) is 0 Å². The van der Waals surface area contributed by atoms with E-state index < -0.39 is 0 Å². The van der Waals surface area contributed by atoms with Crippen LogP contribution in [-0.2, 0) is 4.79 Å². The van der Waals surface area contributed by atoms with Crippen molar-refractivity contribution in [1.82, 2.24) is 5.32 Å². The van der Waals surface area contributed by atoms with Crippen molar-refractivity contribution in [1.29, 1.82) is 0 Å². The molecule has 0 aromatic heterocycles. The molecule has 0 spiro atoms. The maximum absolute atomic E-state index is 10.7. The Bertz CT molecular complexity index is 170. The van der Waals surface area contributed by atoms with Crippen molar-refractivity contribution in [3.8, 4) is 0 Å². The second kappa shape index (κ2) is 3.90.